The number of alkyl halides is 1. The third kappa shape index (κ3) is 3.97. The largest absolute Gasteiger partial charge is 0.508 e. The van der Waals surface area contributed by atoms with Crippen LogP contribution in [-0.2, 0) is 11.3 Å². The van der Waals surface area contributed by atoms with E-state index >= 15 is 0 Å². The number of rotatable bonds is 6. The van der Waals surface area contributed by atoms with E-state index in [1.807, 2.05) is 0 Å². The summed E-state index contributed by atoms with van der Waals surface area (Å²) in [6.07, 6.45) is 0. The Kier molecular flexibility index (Phi) is 5.66. The normalized spacial score (nSPS) is 11.8. The van der Waals surface area contributed by atoms with Gasteiger partial charge in [0.1, 0.15) is 11.5 Å². The van der Waals surface area contributed by atoms with E-state index in [1.165, 1.54) is 36.4 Å². The van der Waals surface area contributed by atoms with Gasteiger partial charge in [-0.05, 0) is 36.4 Å². The number of aromatic hydroxyl groups is 1. The number of ketones is 1. The van der Waals surface area contributed by atoms with Gasteiger partial charge in [0.05, 0.1) is 5.02 Å². The minimum Gasteiger partial charge on any atom is -0.508 e. The fourth-order valence-corrected chi connectivity index (χ4v) is 2.34. The van der Waals surface area contributed by atoms with Crippen LogP contribution in [0.3, 0.4) is 0 Å². The second kappa shape index (κ2) is 7.53. The van der Waals surface area contributed by atoms with Crippen molar-refractivity contribution in [1.82, 2.24) is 0 Å². The Labute approximate surface area is 147 Å². The summed E-state index contributed by atoms with van der Waals surface area (Å²) in [7, 11) is 0. The highest BCUT2D eigenvalue weighted by Crippen LogP contribution is 2.27. The minimum atomic E-state index is -1.34. The molecule has 0 aliphatic heterocycles. The van der Waals surface area contributed by atoms with Crippen molar-refractivity contribution in [3.63, 3.8) is 0 Å². The van der Waals surface area contributed by atoms with Gasteiger partial charge in [-0.25, -0.2) is 0 Å². The molecule has 126 valence electrons. The summed E-state index contributed by atoms with van der Waals surface area (Å²) in [6, 6.07) is 8.62. The van der Waals surface area contributed by atoms with Crippen LogP contribution in [0, 0.1) is 0 Å². The van der Waals surface area contributed by atoms with Gasteiger partial charge in [0.2, 0.25) is 5.56 Å². The van der Waals surface area contributed by atoms with Gasteiger partial charge < -0.3 is 21.3 Å². The Morgan fingerprint density at radius 1 is 1.21 bits per heavy atom. The van der Waals surface area contributed by atoms with Crippen LogP contribution in [-0.4, -0.2) is 22.4 Å². The van der Waals surface area contributed by atoms with Gasteiger partial charge >= 0.3 is 0 Å². The molecule has 1 amide bonds. The summed E-state index contributed by atoms with van der Waals surface area (Å²) in [4.78, 5) is 23.4. The van der Waals surface area contributed by atoms with Crippen molar-refractivity contribution in [2.24, 2.45) is 11.5 Å². The lowest BCUT2D eigenvalue weighted by molar-refractivity contribution is -0.121. The standard InChI is InChI=1S/C16H14Cl2N2O4/c17-12-6-10(24-15(18)16(20)23)2-3-11(12)14(22)8-1-4-13(21)9(5-8)7-19/h1-6,15,21H,7,19H2,(H2,20,23). The third-order valence-electron chi connectivity index (χ3n) is 3.21. The molecule has 0 aliphatic carbocycles. The van der Waals surface area contributed by atoms with Gasteiger partial charge in [-0.3, -0.25) is 9.59 Å². The summed E-state index contributed by atoms with van der Waals surface area (Å²) in [5.74, 6) is -0.975. The number of phenols is 1. The lowest BCUT2D eigenvalue weighted by atomic mass is 10.0. The predicted octanol–water partition coefficient (Wildman–Crippen LogP) is 2.16. The number of hydrogen-bond acceptors (Lipinski definition) is 5. The summed E-state index contributed by atoms with van der Waals surface area (Å²) >= 11 is 11.7. The van der Waals surface area contributed by atoms with Crippen molar-refractivity contribution in [3.05, 3.63) is 58.1 Å². The molecule has 0 aromatic heterocycles. The van der Waals surface area contributed by atoms with Crippen molar-refractivity contribution in [2.45, 2.75) is 12.1 Å². The van der Waals surface area contributed by atoms with Gasteiger partial charge in [0.25, 0.3) is 5.91 Å². The number of nitrogens with two attached hydrogens (primary N) is 2. The molecule has 24 heavy (non-hydrogen) atoms. The first-order valence-corrected chi connectivity index (χ1v) is 7.61. The van der Waals surface area contributed by atoms with E-state index in [-0.39, 0.29) is 34.4 Å². The van der Waals surface area contributed by atoms with Crippen LogP contribution >= 0.6 is 23.2 Å². The molecular weight excluding hydrogens is 355 g/mol. The predicted molar refractivity (Wildman–Crippen MR) is 90.3 cm³/mol. The van der Waals surface area contributed by atoms with Crippen LogP contribution < -0.4 is 16.2 Å². The number of benzene rings is 2. The molecule has 2 aromatic carbocycles. The molecule has 0 radical (unpaired) electrons. The zero-order valence-corrected chi connectivity index (χ0v) is 13.8. The number of primary amides is 1. The molecule has 0 spiro atoms. The molecule has 0 fully saturated rings. The van der Waals surface area contributed by atoms with E-state index in [0.717, 1.165) is 0 Å². The van der Waals surface area contributed by atoms with Crippen molar-refractivity contribution in [1.29, 1.82) is 0 Å². The van der Waals surface area contributed by atoms with Gasteiger partial charge in [0.15, 0.2) is 5.78 Å². The number of amides is 1. The second-order valence-electron chi connectivity index (χ2n) is 4.85. The van der Waals surface area contributed by atoms with Crippen LogP contribution in [0.1, 0.15) is 21.5 Å². The molecule has 8 heteroatoms. The summed E-state index contributed by atoms with van der Waals surface area (Å²) in [6.45, 7) is 0.0949. The molecule has 0 bridgehead atoms. The third-order valence-corrected chi connectivity index (χ3v) is 3.83. The number of ether oxygens (including phenoxy) is 1. The van der Waals surface area contributed by atoms with E-state index in [9.17, 15) is 14.7 Å². The summed E-state index contributed by atoms with van der Waals surface area (Å²) in [5.41, 5.74) is 10.2. The van der Waals surface area contributed by atoms with E-state index in [2.05, 4.69) is 0 Å². The maximum atomic E-state index is 12.5. The Bertz CT molecular complexity index is 796. The molecule has 0 saturated heterocycles. The molecule has 1 atom stereocenters. The Morgan fingerprint density at radius 3 is 2.50 bits per heavy atom. The monoisotopic (exact) mass is 368 g/mol. The van der Waals surface area contributed by atoms with Gasteiger partial charge in [-0.2, -0.15) is 0 Å². The minimum absolute atomic E-state index is 0.0171. The Balaban J connectivity index is 2.29. The lowest BCUT2D eigenvalue weighted by Crippen LogP contribution is -2.28. The van der Waals surface area contributed by atoms with Crippen molar-refractivity contribution in [2.75, 3.05) is 0 Å². The topological polar surface area (TPSA) is 116 Å². The Hall–Kier alpha value is -2.28. The maximum Gasteiger partial charge on any atom is 0.274 e. The van der Waals surface area contributed by atoms with E-state index < -0.39 is 11.5 Å². The molecule has 0 aliphatic rings. The van der Waals surface area contributed by atoms with Crippen LogP contribution in [0.25, 0.3) is 0 Å². The quantitative estimate of drug-likeness (QED) is 0.533. The van der Waals surface area contributed by atoms with Gasteiger partial charge in [-0.1, -0.05) is 23.2 Å². The van der Waals surface area contributed by atoms with Gasteiger partial charge in [-0.15, -0.1) is 0 Å². The molecule has 0 heterocycles. The maximum absolute atomic E-state index is 12.5. The molecular formula is C16H14Cl2N2O4. The highest BCUT2D eigenvalue weighted by molar-refractivity contribution is 6.35. The second-order valence-corrected chi connectivity index (χ2v) is 5.66. The molecule has 5 N–H and O–H groups in total. The van der Waals surface area contributed by atoms with E-state index in [4.69, 9.17) is 39.4 Å². The van der Waals surface area contributed by atoms with Crippen LogP contribution in [0.2, 0.25) is 5.02 Å². The molecule has 0 saturated carbocycles. The number of halogens is 2. The van der Waals surface area contributed by atoms with Gasteiger partial charge in [0, 0.05) is 23.2 Å². The molecule has 2 rings (SSSR count). The number of carbonyl (C=O) groups excluding carboxylic acids is 2. The fraction of sp³-hybridized carbons (Fsp3) is 0.125. The number of carbonyl (C=O) groups is 2. The molecule has 1 unspecified atom stereocenters. The first-order chi connectivity index (χ1) is 11.3. The SMILES string of the molecule is NCc1cc(C(=O)c2ccc(OC(Cl)C(N)=O)cc2Cl)ccc1O. The van der Waals surface area contributed by atoms with Crippen LogP contribution in [0.5, 0.6) is 11.5 Å². The number of phenolic OH excluding ortho intramolecular Hbond substituents is 1. The van der Waals surface area contributed by atoms with Crippen LogP contribution in [0.4, 0.5) is 0 Å². The van der Waals surface area contributed by atoms with Crippen molar-refractivity contribution < 1.29 is 19.4 Å². The summed E-state index contributed by atoms with van der Waals surface area (Å²) < 4.78 is 5.09. The Morgan fingerprint density at radius 2 is 1.92 bits per heavy atom. The van der Waals surface area contributed by atoms with Crippen LogP contribution in [0.15, 0.2) is 36.4 Å². The van der Waals surface area contributed by atoms with E-state index in [1.54, 1.807) is 0 Å². The lowest BCUT2D eigenvalue weighted by Gasteiger charge is -2.11. The zero-order chi connectivity index (χ0) is 17.9. The first kappa shape index (κ1) is 18.1. The smallest absolute Gasteiger partial charge is 0.274 e. The summed E-state index contributed by atoms with van der Waals surface area (Å²) in [5, 5.41) is 9.74. The van der Waals surface area contributed by atoms with Crippen molar-refractivity contribution in [3.8, 4) is 11.5 Å². The number of hydrogen-bond donors (Lipinski definition) is 3. The highest BCUT2D eigenvalue weighted by Gasteiger charge is 2.17. The van der Waals surface area contributed by atoms with E-state index in [0.29, 0.717) is 11.1 Å². The first-order valence-electron chi connectivity index (χ1n) is 6.79. The average Bonchev–Trinajstić information content (AvgIpc) is 2.54. The fourth-order valence-electron chi connectivity index (χ4n) is 1.98. The van der Waals surface area contributed by atoms with Crippen molar-refractivity contribution >= 4 is 34.9 Å². The molecule has 6 nitrogen and oxygen atoms in total. The highest BCUT2D eigenvalue weighted by atomic mass is 35.5. The average molecular weight is 369 g/mol. The molecule has 2 aromatic rings. The zero-order valence-electron chi connectivity index (χ0n) is 12.3.